The number of nitrogens with zero attached hydrogens (tertiary/aromatic N) is 1. The van der Waals surface area contributed by atoms with E-state index in [1.165, 1.54) is 0 Å². The van der Waals surface area contributed by atoms with Gasteiger partial charge in [0.25, 0.3) is 5.91 Å². The summed E-state index contributed by atoms with van der Waals surface area (Å²) in [5.41, 5.74) is 9.46. The number of amides is 3. The van der Waals surface area contributed by atoms with Crippen LogP contribution in [0.1, 0.15) is 65.2 Å². The van der Waals surface area contributed by atoms with E-state index in [2.05, 4.69) is 23.6 Å². The van der Waals surface area contributed by atoms with Crippen molar-refractivity contribution >= 4 is 29.5 Å². The first kappa shape index (κ1) is 34.0. The highest BCUT2D eigenvalue weighted by molar-refractivity contribution is 6.33. The molecule has 0 bridgehead atoms. The molecule has 4 rings (SSSR count). The first-order valence-corrected chi connectivity index (χ1v) is 15.9. The number of carboxylic acid groups (broad SMARTS) is 1. The minimum absolute atomic E-state index is 0.0564. The zero-order valence-corrected chi connectivity index (χ0v) is 26.7. The van der Waals surface area contributed by atoms with E-state index < -0.39 is 17.6 Å². The molecule has 1 saturated heterocycles. The quantitative estimate of drug-likeness (QED) is 0.165. The normalized spacial score (nSPS) is 16.2. The molecular weight excluding hydrogens is 592 g/mol. The van der Waals surface area contributed by atoms with Crippen molar-refractivity contribution in [2.24, 2.45) is 11.7 Å². The van der Waals surface area contributed by atoms with Gasteiger partial charge in [0.1, 0.15) is 0 Å². The number of rotatable bonds is 13. The van der Waals surface area contributed by atoms with E-state index in [4.69, 9.17) is 22.4 Å². The summed E-state index contributed by atoms with van der Waals surface area (Å²) >= 11 is 6.85. The van der Waals surface area contributed by atoms with Crippen LogP contribution >= 0.6 is 11.6 Å². The number of halogens is 1. The molecule has 10 heteroatoms. The highest BCUT2D eigenvalue weighted by Gasteiger charge is 2.43. The van der Waals surface area contributed by atoms with Gasteiger partial charge in [0.2, 0.25) is 5.91 Å². The molecule has 45 heavy (non-hydrogen) atoms. The van der Waals surface area contributed by atoms with Gasteiger partial charge in [0.15, 0.2) is 0 Å². The number of primary amides is 1. The maximum Gasteiger partial charge on any atom is 0.404 e. The van der Waals surface area contributed by atoms with E-state index in [9.17, 15) is 19.5 Å². The largest absolute Gasteiger partial charge is 0.465 e. The Morgan fingerprint density at radius 3 is 2.58 bits per heavy atom. The second-order valence-electron chi connectivity index (χ2n) is 11.7. The zero-order chi connectivity index (χ0) is 32.6. The Hall–Kier alpha value is -3.92. The number of likely N-dealkylation sites (tertiary alicyclic amines) is 1. The molecule has 2 unspecified atom stereocenters. The van der Waals surface area contributed by atoms with Gasteiger partial charge < -0.3 is 31.5 Å². The molecule has 1 aliphatic heterocycles. The highest BCUT2D eigenvalue weighted by atomic mass is 35.5. The molecule has 0 saturated carbocycles. The molecule has 3 amide bonds. The molecule has 3 aromatic carbocycles. The molecule has 1 heterocycles. The second kappa shape index (κ2) is 15.4. The molecule has 2 atom stereocenters. The van der Waals surface area contributed by atoms with E-state index in [0.717, 1.165) is 28.7 Å². The first-order valence-electron chi connectivity index (χ1n) is 15.5. The minimum Gasteiger partial charge on any atom is -0.465 e. The number of carbonyl (C=O) groups is 3. The first-order chi connectivity index (χ1) is 21.6. The summed E-state index contributed by atoms with van der Waals surface area (Å²) in [7, 11) is 1.82. The lowest BCUT2D eigenvalue weighted by atomic mass is 9.72. The summed E-state index contributed by atoms with van der Waals surface area (Å²) in [6, 6.07) is 19.0. The number of benzene rings is 3. The topological polar surface area (TPSA) is 145 Å². The molecule has 0 radical (unpaired) electrons. The van der Waals surface area contributed by atoms with Gasteiger partial charge >= 0.3 is 6.09 Å². The van der Waals surface area contributed by atoms with Gasteiger partial charge in [-0.15, -0.1) is 0 Å². The Morgan fingerprint density at radius 2 is 1.87 bits per heavy atom. The molecule has 0 aromatic heterocycles. The predicted octanol–water partition coefficient (Wildman–Crippen LogP) is 5.10. The molecule has 6 N–H and O–H groups in total. The van der Waals surface area contributed by atoms with Crippen LogP contribution in [0.15, 0.2) is 60.7 Å². The molecule has 1 aliphatic rings. The van der Waals surface area contributed by atoms with Gasteiger partial charge in [-0.3, -0.25) is 9.59 Å². The van der Waals surface area contributed by atoms with Crippen LogP contribution in [0.3, 0.4) is 0 Å². The maximum atomic E-state index is 14.0. The lowest BCUT2D eigenvalue weighted by Crippen LogP contribution is -2.48. The third kappa shape index (κ3) is 8.22. The van der Waals surface area contributed by atoms with Gasteiger partial charge in [-0.05, 0) is 79.1 Å². The van der Waals surface area contributed by atoms with E-state index in [1.54, 1.807) is 17.0 Å². The van der Waals surface area contributed by atoms with E-state index in [-0.39, 0.29) is 37.8 Å². The van der Waals surface area contributed by atoms with Crippen LogP contribution in [0, 0.1) is 5.92 Å². The molecule has 0 spiro atoms. The number of carbonyl (C=O) groups excluding carboxylic acids is 2. The smallest absolute Gasteiger partial charge is 0.404 e. The number of piperidine rings is 1. The van der Waals surface area contributed by atoms with Crippen LogP contribution in [0.25, 0.3) is 11.1 Å². The fourth-order valence-electron chi connectivity index (χ4n) is 6.46. The van der Waals surface area contributed by atoms with Gasteiger partial charge in [0, 0.05) is 48.2 Å². The fourth-order valence-corrected chi connectivity index (χ4v) is 6.75. The fraction of sp³-hybridized carbons (Fsp3) is 0.400. The van der Waals surface area contributed by atoms with E-state index in [1.807, 2.05) is 49.5 Å². The maximum absolute atomic E-state index is 14.0. The Balaban J connectivity index is 1.73. The predicted molar refractivity (Wildman–Crippen MR) is 176 cm³/mol. The lowest BCUT2D eigenvalue weighted by molar-refractivity contribution is -0.117. The van der Waals surface area contributed by atoms with Crippen LogP contribution in [0.4, 0.5) is 4.79 Å². The number of aryl methyl sites for hydroxylation is 1. The Kier molecular flexibility index (Phi) is 11.6. The highest BCUT2D eigenvalue weighted by Crippen LogP contribution is 2.46. The van der Waals surface area contributed by atoms with Crippen molar-refractivity contribution in [2.75, 3.05) is 26.7 Å². The number of aliphatic hydroxyl groups is 1. The Labute approximate surface area is 269 Å². The van der Waals surface area contributed by atoms with Gasteiger partial charge in [0.05, 0.1) is 12.0 Å². The van der Waals surface area contributed by atoms with Crippen LogP contribution in [0.5, 0.6) is 0 Å². The second-order valence-corrected chi connectivity index (χ2v) is 12.1. The summed E-state index contributed by atoms with van der Waals surface area (Å²) < 4.78 is 0. The summed E-state index contributed by atoms with van der Waals surface area (Å²) in [4.78, 5) is 38.8. The molecule has 0 aliphatic carbocycles. The third-order valence-corrected chi connectivity index (χ3v) is 8.96. The van der Waals surface area contributed by atoms with Gasteiger partial charge in [-0.1, -0.05) is 67.1 Å². The summed E-state index contributed by atoms with van der Waals surface area (Å²) in [6.45, 7) is 3.61. The monoisotopic (exact) mass is 634 g/mol. The number of hydrogen-bond donors (Lipinski definition) is 5. The third-order valence-electron chi connectivity index (χ3n) is 8.64. The van der Waals surface area contributed by atoms with Crippen molar-refractivity contribution in [3.8, 4) is 11.1 Å². The standard InChI is InChI=1S/C35H43ClN4O5/c1-3-23-8-4-9-25(18-23)32-29(11-5-12-30(32)36)35(45,15-7-16-39-34(43)44)27-10-6-17-40(22-27)33(42)28-14-13-24(21-38-2)19-26(28)20-31(37)41/h4-5,8-9,11-14,18-19,27,38-39,45H,3,6-7,10,15-17,20-22H2,1-2H3,(H2,37,41)(H,43,44). The Morgan fingerprint density at radius 1 is 1.09 bits per heavy atom. The molecule has 1 fully saturated rings. The summed E-state index contributed by atoms with van der Waals surface area (Å²) in [5, 5.41) is 27.9. The molecule has 3 aromatic rings. The lowest BCUT2D eigenvalue weighted by Gasteiger charge is -2.44. The van der Waals surface area contributed by atoms with Crippen molar-refractivity contribution in [2.45, 2.75) is 57.6 Å². The average molecular weight is 635 g/mol. The zero-order valence-electron chi connectivity index (χ0n) is 25.9. The summed E-state index contributed by atoms with van der Waals surface area (Å²) in [6.07, 6.45) is 1.61. The van der Waals surface area contributed by atoms with Crippen molar-refractivity contribution in [3.05, 3.63) is 93.5 Å². The van der Waals surface area contributed by atoms with E-state index in [0.29, 0.717) is 54.1 Å². The SMILES string of the molecule is CCc1cccc(-c2c(Cl)cccc2C(O)(CCCNC(=O)O)C2CCCN(C(=O)c3ccc(CNC)cc3CC(N)=O)C2)c1. The van der Waals surface area contributed by atoms with Gasteiger partial charge in [-0.2, -0.15) is 0 Å². The van der Waals surface area contributed by atoms with E-state index >= 15 is 0 Å². The van der Waals surface area contributed by atoms with Gasteiger partial charge in [-0.25, -0.2) is 4.79 Å². The van der Waals surface area contributed by atoms with Crippen molar-refractivity contribution in [1.82, 2.24) is 15.5 Å². The van der Waals surface area contributed by atoms with Crippen molar-refractivity contribution in [1.29, 1.82) is 0 Å². The molecular formula is C35H43ClN4O5. The number of nitrogens with one attached hydrogen (secondary N) is 2. The number of hydrogen-bond acceptors (Lipinski definition) is 5. The molecule has 240 valence electrons. The van der Waals surface area contributed by atoms with Crippen LogP contribution in [0.2, 0.25) is 5.02 Å². The minimum atomic E-state index is -1.42. The van der Waals surface area contributed by atoms with Crippen molar-refractivity contribution < 1.29 is 24.6 Å². The Bertz CT molecular complexity index is 1530. The van der Waals surface area contributed by atoms with Crippen LogP contribution in [-0.4, -0.2) is 59.7 Å². The average Bonchev–Trinajstić information content (AvgIpc) is 3.02. The summed E-state index contributed by atoms with van der Waals surface area (Å²) in [5.74, 6) is -1.11. The molecule has 9 nitrogen and oxygen atoms in total. The van der Waals surface area contributed by atoms with Crippen LogP contribution < -0.4 is 16.4 Å². The van der Waals surface area contributed by atoms with Crippen LogP contribution in [-0.2, 0) is 29.8 Å². The number of nitrogens with two attached hydrogens (primary N) is 1. The van der Waals surface area contributed by atoms with Crippen molar-refractivity contribution in [3.63, 3.8) is 0 Å².